The highest BCUT2D eigenvalue weighted by Gasteiger charge is 2.50. The van der Waals surface area contributed by atoms with Crippen molar-refractivity contribution in [3.8, 4) is 5.75 Å². The Morgan fingerprint density at radius 2 is 2.14 bits per heavy atom. The second-order valence-corrected chi connectivity index (χ2v) is 5.60. The molecule has 6 heteroatoms. The highest BCUT2D eigenvalue weighted by molar-refractivity contribution is 6.07. The summed E-state index contributed by atoms with van der Waals surface area (Å²) in [5.41, 5.74) is 5.93. The van der Waals surface area contributed by atoms with Gasteiger partial charge in [-0.2, -0.15) is 0 Å². The van der Waals surface area contributed by atoms with E-state index in [9.17, 15) is 4.79 Å². The number of rotatable bonds is 2. The van der Waals surface area contributed by atoms with Gasteiger partial charge in [0.25, 0.3) is 0 Å². The van der Waals surface area contributed by atoms with E-state index in [0.717, 1.165) is 17.7 Å². The Hall–Kier alpha value is -2.24. The minimum absolute atomic E-state index is 0.0252. The van der Waals surface area contributed by atoms with Crippen molar-refractivity contribution in [2.75, 3.05) is 13.2 Å². The SMILES string of the molecule is N/C(=N/O)C1(C(=O)N2CCOc3ccccc3C2)CCC1. The van der Waals surface area contributed by atoms with Crippen LogP contribution in [0.4, 0.5) is 0 Å². The second-order valence-electron chi connectivity index (χ2n) is 5.60. The van der Waals surface area contributed by atoms with Crippen molar-refractivity contribution in [1.82, 2.24) is 4.90 Å². The number of hydrogen-bond donors (Lipinski definition) is 2. The lowest BCUT2D eigenvalue weighted by atomic mass is 9.66. The summed E-state index contributed by atoms with van der Waals surface area (Å²) in [5, 5.41) is 12.0. The van der Waals surface area contributed by atoms with Gasteiger partial charge in [0.1, 0.15) is 17.8 Å². The van der Waals surface area contributed by atoms with Gasteiger partial charge in [0.05, 0.1) is 6.54 Å². The van der Waals surface area contributed by atoms with Crippen LogP contribution < -0.4 is 10.5 Å². The fourth-order valence-electron chi connectivity index (χ4n) is 3.01. The summed E-state index contributed by atoms with van der Waals surface area (Å²) in [4.78, 5) is 14.6. The molecule has 1 aliphatic carbocycles. The Bertz CT molecular complexity index is 581. The van der Waals surface area contributed by atoms with Gasteiger partial charge in [0.2, 0.25) is 5.91 Å². The van der Waals surface area contributed by atoms with Crippen LogP contribution in [0.2, 0.25) is 0 Å². The molecule has 1 amide bonds. The zero-order chi connectivity index (χ0) is 14.9. The van der Waals surface area contributed by atoms with E-state index in [1.807, 2.05) is 24.3 Å². The minimum Gasteiger partial charge on any atom is -0.491 e. The molecule has 1 aliphatic heterocycles. The number of amides is 1. The molecule has 21 heavy (non-hydrogen) atoms. The van der Waals surface area contributed by atoms with E-state index in [-0.39, 0.29) is 11.7 Å². The number of para-hydroxylation sites is 1. The molecular formula is C15H19N3O3. The first kappa shape index (κ1) is 13.7. The summed E-state index contributed by atoms with van der Waals surface area (Å²) in [6.07, 6.45) is 2.20. The molecule has 1 aromatic rings. The summed E-state index contributed by atoms with van der Waals surface area (Å²) in [6.45, 7) is 1.46. The van der Waals surface area contributed by atoms with Gasteiger partial charge in [-0.1, -0.05) is 29.8 Å². The normalized spacial score (nSPS) is 20.8. The number of ether oxygens (including phenoxy) is 1. The van der Waals surface area contributed by atoms with E-state index in [4.69, 9.17) is 15.7 Å². The number of carbonyl (C=O) groups excluding carboxylic acids is 1. The zero-order valence-corrected chi connectivity index (χ0v) is 11.8. The first-order valence-corrected chi connectivity index (χ1v) is 7.15. The van der Waals surface area contributed by atoms with Crippen molar-refractivity contribution < 1.29 is 14.7 Å². The van der Waals surface area contributed by atoms with E-state index in [2.05, 4.69) is 5.16 Å². The second kappa shape index (κ2) is 5.27. The molecule has 0 unspecified atom stereocenters. The monoisotopic (exact) mass is 289 g/mol. The Morgan fingerprint density at radius 3 is 2.81 bits per heavy atom. The van der Waals surface area contributed by atoms with Crippen molar-refractivity contribution in [3.05, 3.63) is 29.8 Å². The maximum atomic E-state index is 12.9. The number of nitrogens with two attached hydrogens (primary N) is 1. The average molecular weight is 289 g/mol. The van der Waals surface area contributed by atoms with Gasteiger partial charge in [0, 0.05) is 12.1 Å². The van der Waals surface area contributed by atoms with Crippen molar-refractivity contribution in [2.24, 2.45) is 16.3 Å². The van der Waals surface area contributed by atoms with Crippen LogP contribution in [0.5, 0.6) is 5.75 Å². The standard InChI is InChI=1S/C15H19N3O3/c16-13(17-20)15(6-3-7-15)14(19)18-8-9-21-12-5-2-1-4-11(12)10-18/h1-2,4-5,20H,3,6-10H2,(H2,16,17). The van der Waals surface area contributed by atoms with Gasteiger partial charge in [-0.05, 0) is 18.9 Å². The van der Waals surface area contributed by atoms with Crippen molar-refractivity contribution in [3.63, 3.8) is 0 Å². The molecule has 0 aromatic heterocycles. The maximum Gasteiger partial charge on any atom is 0.236 e. The molecule has 0 bridgehead atoms. The summed E-state index contributed by atoms with van der Waals surface area (Å²) in [7, 11) is 0. The van der Waals surface area contributed by atoms with Gasteiger partial charge < -0.3 is 20.6 Å². The van der Waals surface area contributed by atoms with E-state index >= 15 is 0 Å². The summed E-state index contributed by atoms with van der Waals surface area (Å²) in [5.74, 6) is 0.779. The van der Waals surface area contributed by atoms with Crippen LogP contribution in [-0.2, 0) is 11.3 Å². The van der Waals surface area contributed by atoms with Gasteiger partial charge in [0.15, 0.2) is 5.84 Å². The highest BCUT2D eigenvalue weighted by Crippen LogP contribution is 2.43. The van der Waals surface area contributed by atoms with E-state index < -0.39 is 5.41 Å². The third kappa shape index (κ3) is 2.20. The summed E-state index contributed by atoms with van der Waals surface area (Å²) >= 11 is 0. The first-order valence-electron chi connectivity index (χ1n) is 7.15. The fraction of sp³-hybridized carbons (Fsp3) is 0.467. The smallest absolute Gasteiger partial charge is 0.236 e. The first-order chi connectivity index (χ1) is 10.2. The van der Waals surface area contributed by atoms with Crippen LogP contribution in [0.25, 0.3) is 0 Å². The molecular weight excluding hydrogens is 270 g/mol. The zero-order valence-electron chi connectivity index (χ0n) is 11.8. The topological polar surface area (TPSA) is 88.2 Å². The van der Waals surface area contributed by atoms with Crippen molar-refractivity contribution >= 4 is 11.7 Å². The van der Waals surface area contributed by atoms with E-state index in [1.54, 1.807) is 4.90 Å². The maximum absolute atomic E-state index is 12.9. The molecule has 2 aliphatic rings. The highest BCUT2D eigenvalue weighted by atomic mass is 16.5. The number of amidine groups is 1. The molecule has 3 N–H and O–H groups in total. The van der Waals surface area contributed by atoms with Crippen molar-refractivity contribution in [1.29, 1.82) is 0 Å². The Morgan fingerprint density at radius 1 is 1.38 bits per heavy atom. The quantitative estimate of drug-likeness (QED) is 0.372. The number of hydrogen-bond acceptors (Lipinski definition) is 4. The summed E-state index contributed by atoms with van der Waals surface area (Å²) in [6, 6.07) is 7.71. The Balaban J connectivity index is 1.85. The predicted octanol–water partition coefficient (Wildman–Crippen LogP) is 1.32. The molecule has 112 valence electrons. The molecule has 1 aromatic carbocycles. The van der Waals surface area contributed by atoms with Gasteiger partial charge >= 0.3 is 0 Å². The number of carbonyl (C=O) groups is 1. The lowest BCUT2D eigenvalue weighted by molar-refractivity contribution is -0.143. The Labute approximate surface area is 123 Å². The number of benzene rings is 1. The molecule has 3 rings (SSSR count). The van der Waals surface area contributed by atoms with Gasteiger partial charge in [-0.3, -0.25) is 4.79 Å². The van der Waals surface area contributed by atoms with Crippen LogP contribution in [0.15, 0.2) is 29.4 Å². The molecule has 0 atom stereocenters. The lowest BCUT2D eigenvalue weighted by Crippen LogP contribution is -2.55. The third-order valence-corrected chi connectivity index (χ3v) is 4.45. The number of nitrogens with zero attached hydrogens (tertiary/aromatic N) is 2. The third-order valence-electron chi connectivity index (χ3n) is 4.45. The lowest BCUT2D eigenvalue weighted by Gasteiger charge is -2.41. The van der Waals surface area contributed by atoms with E-state index in [1.165, 1.54) is 0 Å². The summed E-state index contributed by atoms with van der Waals surface area (Å²) < 4.78 is 5.68. The molecule has 0 radical (unpaired) electrons. The molecule has 1 saturated carbocycles. The molecule has 0 spiro atoms. The molecule has 1 fully saturated rings. The molecule has 1 heterocycles. The van der Waals surface area contributed by atoms with Crippen LogP contribution in [0.3, 0.4) is 0 Å². The molecule has 6 nitrogen and oxygen atoms in total. The minimum atomic E-state index is -0.825. The largest absolute Gasteiger partial charge is 0.491 e. The number of fused-ring (bicyclic) bond motifs is 1. The number of oxime groups is 1. The average Bonchev–Trinajstić information content (AvgIpc) is 2.67. The van der Waals surface area contributed by atoms with E-state index in [0.29, 0.717) is 32.5 Å². The van der Waals surface area contributed by atoms with Gasteiger partial charge in [-0.15, -0.1) is 0 Å². The van der Waals surface area contributed by atoms with Crippen LogP contribution in [-0.4, -0.2) is 35.0 Å². The molecule has 0 saturated heterocycles. The van der Waals surface area contributed by atoms with Crippen LogP contribution in [0, 0.1) is 5.41 Å². The Kier molecular flexibility index (Phi) is 3.45. The van der Waals surface area contributed by atoms with Gasteiger partial charge in [-0.25, -0.2) is 0 Å². The fourth-order valence-corrected chi connectivity index (χ4v) is 3.01. The van der Waals surface area contributed by atoms with Crippen molar-refractivity contribution in [2.45, 2.75) is 25.8 Å². The predicted molar refractivity (Wildman–Crippen MR) is 77.0 cm³/mol. The van der Waals surface area contributed by atoms with Crippen LogP contribution >= 0.6 is 0 Å². The van der Waals surface area contributed by atoms with Crippen LogP contribution in [0.1, 0.15) is 24.8 Å².